The lowest BCUT2D eigenvalue weighted by molar-refractivity contribution is -0.117. The van der Waals surface area contributed by atoms with Crippen LogP contribution in [0.1, 0.15) is 26.2 Å². The highest BCUT2D eigenvalue weighted by atomic mass is 35.5. The molecule has 0 radical (unpaired) electrons. The van der Waals surface area contributed by atoms with Crippen molar-refractivity contribution in [3.63, 3.8) is 0 Å². The molecule has 32 heavy (non-hydrogen) atoms. The van der Waals surface area contributed by atoms with Gasteiger partial charge in [-0.2, -0.15) is 4.31 Å². The van der Waals surface area contributed by atoms with Gasteiger partial charge in [-0.25, -0.2) is 16.8 Å². The van der Waals surface area contributed by atoms with Crippen molar-refractivity contribution >= 4 is 48.9 Å². The summed E-state index contributed by atoms with van der Waals surface area (Å²) >= 11 is 5.91. The molecule has 0 saturated carbocycles. The van der Waals surface area contributed by atoms with Crippen molar-refractivity contribution in [3.8, 4) is 0 Å². The first-order valence-corrected chi connectivity index (χ1v) is 13.9. The van der Waals surface area contributed by atoms with Gasteiger partial charge < -0.3 is 5.32 Å². The Labute approximate surface area is 194 Å². The predicted molar refractivity (Wildman–Crippen MR) is 126 cm³/mol. The van der Waals surface area contributed by atoms with E-state index < -0.39 is 32.0 Å². The highest BCUT2D eigenvalue weighted by molar-refractivity contribution is 7.92. The topological polar surface area (TPSA) is 104 Å². The number of nitrogens with one attached hydrogen (secondary N) is 1. The molecule has 1 atom stereocenters. The Kier molecular flexibility index (Phi) is 7.49. The number of hydrogen-bond donors (Lipinski definition) is 1. The minimum Gasteiger partial charge on any atom is -0.324 e. The SMILES string of the molecule is CC[C@@H](C(=O)Nc1ccc(S(=O)(=O)N2CCCC2)cc1)N(c1ccc(Cl)cc1)S(C)(=O)=O. The Bertz CT molecular complexity index is 1160. The van der Waals surface area contributed by atoms with E-state index in [2.05, 4.69) is 5.32 Å². The van der Waals surface area contributed by atoms with E-state index in [0.29, 0.717) is 29.5 Å². The number of rotatable bonds is 8. The Balaban J connectivity index is 1.81. The largest absolute Gasteiger partial charge is 0.324 e. The van der Waals surface area contributed by atoms with Gasteiger partial charge in [0.2, 0.25) is 26.0 Å². The number of amides is 1. The molecule has 1 amide bonds. The van der Waals surface area contributed by atoms with E-state index in [0.717, 1.165) is 23.4 Å². The van der Waals surface area contributed by atoms with Crippen LogP contribution in [-0.2, 0) is 24.8 Å². The van der Waals surface area contributed by atoms with E-state index in [1.165, 1.54) is 40.7 Å². The molecule has 8 nitrogen and oxygen atoms in total. The number of carbonyl (C=O) groups is 1. The first-order valence-electron chi connectivity index (χ1n) is 10.2. The molecule has 0 bridgehead atoms. The summed E-state index contributed by atoms with van der Waals surface area (Å²) in [7, 11) is -7.33. The summed E-state index contributed by atoms with van der Waals surface area (Å²) in [5.74, 6) is -0.525. The second kappa shape index (κ2) is 9.78. The van der Waals surface area contributed by atoms with Gasteiger partial charge in [0.05, 0.1) is 16.8 Å². The molecule has 0 aliphatic carbocycles. The Morgan fingerprint density at radius 1 is 1.03 bits per heavy atom. The van der Waals surface area contributed by atoms with Crippen molar-refractivity contribution in [1.82, 2.24) is 4.31 Å². The number of benzene rings is 2. The maximum absolute atomic E-state index is 13.0. The number of nitrogens with zero attached hydrogens (tertiary/aromatic N) is 2. The summed E-state index contributed by atoms with van der Waals surface area (Å²) in [6, 6.07) is 11.1. The fraction of sp³-hybridized carbons (Fsp3) is 0.381. The lowest BCUT2D eigenvalue weighted by Gasteiger charge is -2.30. The van der Waals surface area contributed by atoms with Gasteiger partial charge in [0, 0.05) is 23.8 Å². The summed E-state index contributed by atoms with van der Waals surface area (Å²) in [4.78, 5) is 13.1. The molecule has 1 saturated heterocycles. The minimum absolute atomic E-state index is 0.156. The van der Waals surface area contributed by atoms with Crippen molar-refractivity contribution in [1.29, 1.82) is 0 Å². The Morgan fingerprint density at radius 3 is 2.09 bits per heavy atom. The van der Waals surface area contributed by atoms with Crippen LogP contribution >= 0.6 is 11.6 Å². The van der Waals surface area contributed by atoms with E-state index >= 15 is 0 Å². The maximum atomic E-state index is 13.0. The summed E-state index contributed by atoms with van der Waals surface area (Å²) in [6.07, 6.45) is 2.95. The molecule has 3 rings (SSSR count). The van der Waals surface area contributed by atoms with Crippen molar-refractivity contribution in [2.24, 2.45) is 0 Å². The summed E-state index contributed by atoms with van der Waals surface area (Å²) in [5.41, 5.74) is 0.698. The molecule has 0 spiro atoms. The summed E-state index contributed by atoms with van der Waals surface area (Å²) in [6.45, 7) is 2.72. The fourth-order valence-corrected chi connectivity index (χ4v) is 6.52. The molecule has 1 aliphatic heterocycles. The number of carbonyl (C=O) groups excluding carboxylic acids is 1. The monoisotopic (exact) mass is 499 g/mol. The Hall–Kier alpha value is -2.14. The number of halogens is 1. The van der Waals surface area contributed by atoms with E-state index in [9.17, 15) is 21.6 Å². The molecule has 2 aromatic carbocycles. The molecule has 1 aliphatic rings. The van der Waals surface area contributed by atoms with Gasteiger partial charge in [-0.3, -0.25) is 9.10 Å². The predicted octanol–water partition coefficient (Wildman–Crippen LogP) is 3.31. The molecule has 1 N–H and O–H groups in total. The van der Waals surface area contributed by atoms with Crippen LogP contribution in [0.4, 0.5) is 11.4 Å². The zero-order valence-electron chi connectivity index (χ0n) is 17.9. The molecule has 1 fully saturated rings. The lowest BCUT2D eigenvalue weighted by atomic mass is 10.2. The maximum Gasteiger partial charge on any atom is 0.248 e. The van der Waals surface area contributed by atoms with Crippen LogP contribution in [0.25, 0.3) is 0 Å². The van der Waals surface area contributed by atoms with Gasteiger partial charge >= 0.3 is 0 Å². The van der Waals surface area contributed by atoms with E-state index in [4.69, 9.17) is 11.6 Å². The third-order valence-electron chi connectivity index (χ3n) is 5.24. The van der Waals surface area contributed by atoms with E-state index in [1.54, 1.807) is 19.1 Å². The van der Waals surface area contributed by atoms with Crippen molar-refractivity contribution in [2.45, 2.75) is 37.1 Å². The zero-order chi connectivity index (χ0) is 23.5. The van der Waals surface area contributed by atoms with Crippen molar-refractivity contribution in [2.75, 3.05) is 29.0 Å². The molecule has 1 heterocycles. The molecular weight excluding hydrogens is 474 g/mol. The smallest absolute Gasteiger partial charge is 0.248 e. The molecule has 0 aromatic heterocycles. The first-order chi connectivity index (χ1) is 15.0. The second-order valence-electron chi connectivity index (χ2n) is 7.58. The van der Waals surface area contributed by atoms with Gasteiger partial charge in [0.25, 0.3) is 0 Å². The standard InChI is InChI=1S/C21H26ClN3O5S2/c1-3-20(25(31(2,27)28)18-10-6-16(22)7-11-18)21(26)23-17-8-12-19(13-9-17)32(29,30)24-14-4-5-15-24/h6-13,20H,3-5,14-15H2,1-2H3,(H,23,26)/t20-/m0/s1. The van der Waals surface area contributed by atoms with Crippen LogP contribution < -0.4 is 9.62 Å². The van der Waals surface area contributed by atoms with Crippen LogP contribution in [0.5, 0.6) is 0 Å². The normalized spacial score (nSPS) is 16.0. The van der Waals surface area contributed by atoms with Gasteiger partial charge in [0.1, 0.15) is 6.04 Å². The van der Waals surface area contributed by atoms with Crippen LogP contribution in [-0.4, -0.2) is 52.4 Å². The zero-order valence-corrected chi connectivity index (χ0v) is 20.3. The first kappa shape index (κ1) is 24.5. The van der Waals surface area contributed by atoms with E-state index in [1.807, 2.05) is 0 Å². The average molecular weight is 500 g/mol. The van der Waals surface area contributed by atoms with Crippen LogP contribution in [0.2, 0.25) is 5.02 Å². The number of anilines is 2. The van der Waals surface area contributed by atoms with Gasteiger partial charge in [0.15, 0.2) is 0 Å². The number of sulfonamides is 2. The number of hydrogen-bond acceptors (Lipinski definition) is 5. The molecule has 2 aromatic rings. The van der Waals surface area contributed by atoms with Crippen molar-refractivity contribution < 1.29 is 21.6 Å². The van der Waals surface area contributed by atoms with E-state index in [-0.39, 0.29) is 11.3 Å². The highest BCUT2D eigenvalue weighted by Gasteiger charge is 2.32. The summed E-state index contributed by atoms with van der Waals surface area (Å²) in [5, 5.41) is 3.14. The lowest BCUT2D eigenvalue weighted by Crippen LogP contribution is -2.47. The third kappa shape index (κ3) is 5.43. The molecular formula is C21H26ClN3O5S2. The van der Waals surface area contributed by atoms with Gasteiger partial charge in [-0.15, -0.1) is 0 Å². The molecule has 11 heteroatoms. The summed E-state index contributed by atoms with van der Waals surface area (Å²) < 4.78 is 52.8. The van der Waals surface area contributed by atoms with Crippen LogP contribution in [0.3, 0.4) is 0 Å². The van der Waals surface area contributed by atoms with Crippen LogP contribution in [0, 0.1) is 0 Å². The third-order valence-corrected chi connectivity index (χ3v) is 8.58. The van der Waals surface area contributed by atoms with Gasteiger partial charge in [-0.05, 0) is 67.8 Å². The van der Waals surface area contributed by atoms with Crippen LogP contribution in [0.15, 0.2) is 53.4 Å². The second-order valence-corrected chi connectivity index (χ2v) is 11.8. The Morgan fingerprint density at radius 2 is 1.59 bits per heavy atom. The van der Waals surface area contributed by atoms with Crippen molar-refractivity contribution in [3.05, 3.63) is 53.6 Å². The van der Waals surface area contributed by atoms with Gasteiger partial charge in [-0.1, -0.05) is 18.5 Å². The molecule has 174 valence electrons. The fourth-order valence-electron chi connectivity index (χ4n) is 3.66. The molecule has 0 unspecified atom stereocenters. The minimum atomic E-state index is -3.77. The average Bonchev–Trinajstić information content (AvgIpc) is 3.28. The quantitative estimate of drug-likeness (QED) is 0.600. The highest BCUT2D eigenvalue weighted by Crippen LogP contribution is 2.26.